The van der Waals surface area contributed by atoms with E-state index in [0.29, 0.717) is 26.1 Å². The van der Waals surface area contributed by atoms with Gasteiger partial charge >= 0.3 is 0 Å². The zero-order valence-electron chi connectivity index (χ0n) is 27.9. The fraction of sp³-hybridized carbons (Fsp3) is 0.275. The van der Waals surface area contributed by atoms with Crippen molar-refractivity contribution in [1.29, 1.82) is 0 Å². The van der Waals surface area contributed by atoms with Crippen LogP contribution in [0.4, 0.5) is 5.69 Å². The largest absolute Gasteiger partial charge is 0.508 e. The molecule has 3 amide bonds. The molecule has 0 saturated carbocycles. The van der Waals surface area contributed by atoms with E-state index in [0.717, 1.165) is 22.4 Å². The zero-order chi connectivity index (χ0) is 34.3. The highest BCUT2D eigenvalue weighted by molar-refractivity contribution is 5.92. The van der Waals surface area contributed by atoms with Crippen molar-refractivity contribution in [2.24, 2.45) is 0 Å². The third-order valence-electron chi connectivity index (χ3n) is 9.29. The molecule has 6 rings (SSSR count). The van der Waals surface area contributed by atoms with Gasteiger partial charge in [-0.15, -0.1) is 6.58 Å². The van der Waals surface area contributed by atoms with Crippen LogP contribution in [0.5, 0.6) is 5.75 Å². The summed E-state index contributed by atoms with van der Waals surface area (Å²) in [5.74, 6) is -0.376. The first-order valence-corrected chi connectivity index (χ1v) is 16.7. The van der Waals surface area contributed by atoms with Crippen LogP contribution < -0.4 is 4.90 Å². The van der Waals surface area contributed by atoms with Crippen LogP contribution in [-0.4, -0.2) is 81.5 Å². The van der Waals surface area contributed by atoms with Crippen molar-refractivity contribution in [3.05, 3.63) is 144 Å². The molecule has 4 aromatic rings. The summed E-state index contributed by atoms with van der Waals surface area (Å²) in [6, 6.07) is 34.0. The number of benzene rings is 4. The summed E-state index contributed by atoms with van der Waals surface area (Å²) in [6.07, 6.45) is 2.05. The molecular formula is C40H43N5O4. The van der Waals surface area contributed by atoms with E-state index in [1.54, 1.807) is 50.2 Å². The van der Waals surface area contributed by atoms with Gasteiger partial charge in [0.2, 0.25) is 17.7 Å². The van der Waals surface area contributed by atoms with Crippen LogP contribution in [-0.2, 0) is 40.3 Å². The lowest BCUT2D eigenvalue weighted by atomic mass is 9.97. The highest BCUT2D eigenvalue weighted by Crippen LogP contribution is 2.32. The second-order valence-corrected chi connectivity index (χ2v) is 12.7. The lowest BCUT2D eigenvalue weighted by molar-refractivity contribution is -0.205. The molecule has 0 radical (unpaired) electrons. The number of aryl methyl sites for hydroxylation is 1. The Morgan fingerprint density at radius 1 is 0.878 bits per heavy atom. The summed E-state index contributed by atoms with van der Waals surface area (Å²) < 4.78 is 0. The van der Waals surface area contributed by atoms with Gasteiger partial charge in [0, 0.05) is 45.2 Å². The lowest BCUT2D eigenvalue weighted by Gasteiger charge is -2.55. The molecule has 2 atom stereocenters. The molecule has 252 valence electrons. The number of aromatic hydroxyl groups is 1. The minimum atomic E-state index is -0.833. The van der Waals surface area contributed by atoms with Crippen LogP contribution in [0.2, 0.25) is 0 Å². The fourth-order valence-electron chi connectivity index (χ4n) is 6.93. The number of phenols is 1. The Kier molecular flexibility index (Phi) is 10.4. The van der Waals surface area contributed by atoms with Crippen molar-refractivity contribution in [2.75, 3.05) is 31.6 Å². The molecule has 9 heteroatoms. The Labute approximate surface area is 288 Å². The number of hydrogen-bond donors (Lipinski definition) is 1. The SMILES string of the molecule is C=CCN1CC(=O)N2[C@@H](Cc3ccc(O)cc3)C(=O)N(Cc3ccccc3N(C)Cc3ccccc3)C[C@@H]2N1C(=O)CCc1ccccc1. The van der Waals surface area contributed by atoms with Gasteiger partial charge in [0.15, 0.2) is 0 Å². The summed E-state index contributed by atoms with van der Waals surface area (Å²) in [5, 5.41) is 13.4. The first kappa shape index (κ1) is 33.5. The molecule has 2 aliphatic rings. The average molecular weight is 658 g/mol. The topological polar surface area (TPSA) is 87.6 Å². The average Bonchev–Trinajstić information content (AvgIpc) is 3.11. The van der Waals surface area contributed by atoms with Crippen molar-refractivity contribution in [2.45, 2.75) is 44.6 Å². The Morgan fingerprint density at radius 3 is 2.22 bits per heavy atom. The second kappa shape index (κ2) is 15.2. The van der Waals surface area contributed by atoms with Crippen molar-refractivity contribution < 1.29 is 19.5 Å². The van der Waals surface area contributed by atoms with Crippen LogP contribution in [0, 0.1) is 0 Å². The van der Waals surface area contributed by atoms with E-state index < -0.39 is 12.2 Å². The van der Waals surface area contributed by atoms with Gasteiger partial charge in [0.05, 0.1) is 13.1 Å². The summed E-state index contributed by atoms with van der Waals surface area (Å²) in [6.45, 7) is 5.35. The minimum Gasteiger partial charge on any atom is -0.508 e. The van der Waals surface area contributed by atoms with Crippen LogP contribution in [0.1, 0.15) is 28.7 Å². The smallest absolute Gasteiger partial charge is 0.246 e. The molecule has 0 aliphatic carbocycles. The van der Waals surface area contributed by atoms with Gasteiger partial charge in [-0.05, 0) is 46.9 Å². The highest BCUT2D eigenvalue weighted by atomic mass is 16.3. The van der Waals surface area contributed by atoms with Crippen molar-refractivity contribution in [1.82, 2.24) is 19.8 Å². The number of nitrogens with zero attached hydrogens (tertiary/aromatic N) is 5. The summed E-state index contributed by atoms with van der Waals surface area (Å²) in [7, 11) is 2.04. The van der Waals surface area contributed by atoms with E-state index in [4.69, 9.17) is 0 Å². The highest BCUT2D eigenvalue weighted by Gasteiger charge is 2.51. The first-order valence-electron chi connectivity index (χ1n) is 16.7. The quantitative estimate of drug-likeness (QED) is 0.216. The maximum Gasteiger partial charge on any atom is 0.246 e. The number of carbonyl (C=O) groups is 3. The Bertz CT molecular complexity index is 1760. The van der Waals surface area contributed by atoms with E-state index in [1.807, 2.05) is 73.8 Å². The van der Waals surface area contributed by atoms with Gasteiger partial charge in [-0.1, -0.05) is 97.1 Å². The number of carbonyl (C=O) groups excluding carboxylic acids is 3. The number of anilines is 1. The molecule has 0 aromatic heterocycles. The number of fused-ring (bicyclic) bond motifs is 1. The van der Waals surface area contributed by atoms with E-state index in [2.05, 4.69) is 29.7 Å². The van der Waals surface area contributed by atoms with Crippen LogP contribution >= 0.6 is 0 Å². The number of piperazine rings is 1. The Morgan fingerprint density at radius 2 is 1.53 bits per heavy atom. The van der Waals surface area contributed by atoms with Gasteiger partial charge in [-0.25, -0.2) is 10.0 Å². The summed E-state index contributed by atoms with van der Waals surface area (Å²) >= 11 is 0. The van der Waals surface area contributed by atoms with Crippen LogP contribution in [0.15, 0.2) is 122 Å². The number of phenolic OH excluding ortho intramolecular Hbond substituents is 1. The van der Waals surface area contributed by atoms with E-state index in [-0.39, 0.29) is 49.4 Å². The fourth-order valence-corrected chi connectivity index (χ4v) is 6.93. The third-order valence-corrected chi connectivity index (χ3v) is 9.29. The number of hydrazine groups is 1. The standard InChI is InChI=1S/C40H43N5O4/c1-3-24-43-29-39(48)44-36(25-31-18-21-34(46)22-19-31)40(49)42(28-37(44)45(43)38(47)23-20-30-12-6-4-7-13-30)27-33-16-10-11-17-35(33)41(2)26-32-14-8-5-9-15-32/h3-19,21-22,36-37,46H,1,20,23-29H2,2H3/t36-,37-/m0/s1. The number of rotatable bonds is 12. The molecule has 2 heterocycles. The predicted molar refractivity (Wildman–Crippen MR) is 190 cm³/mol. The molecular weight excluding hydrogens is 614 g/mol. The van der Waals surface area contributed by atoms with Gasteiger partial charge in [-0.2, -0.15) is 0 Å². The maximum absolute atomic E-state index is 14.5. The molecule has 2 fully saturated rings. The number of amides is 3. The molecule has 4 aromatic carbocycles. The Balaban J connectivity index is 1.34. The van der Waals surface area contributed by atoms with Crippen LogP contribution in [0.25, 0.3) is 0 Å². The minimum absolute atomic E-state index is 0.0356. The summed E-state index contributed by atoms with van der Waals surface area (Å²) in [5.41, 5.74) is 5.01. The van der Waals surface area contributed by atoms with Crippen LogP contribution in [0.3, 0.4) is 0 Å². The predicted octanol–water partition coefficient (Wildman–Crippen LogP) is 5.01. The van der Waals surface area contributed by atoms with E-state index in [1.165, 1.54) is 5.56 Å². The van der Waals surface area contributed by atoms with Crippen molar-refractivity contribution in [3.8, 4) is 5.75 Å². The van der Waals surface area contributed by atoms with Gasteiger partial charge < -0.3 is 19.8 Å². The third kappa shape index (κ3) is 7.68. The molecule has 0 unspecified atom stereocenters. The van der Waals surface area contributed by atoms with Gasteiger partial charge in [0.25, 0.3) is 0 Å². The van der Waals surface area contributed by atoms with Gasteiger partial charge in [0.1, 0.15) is 18.0 Å². The molecule has 9 nitrogen and oxygen atoms in total. The molecule has 49 heavy (non-hydrogen) atoms. The molecule has 0 bridgehead atoms. The lowest BCUT2D eigenvalue weighted by Crippen LogP contribution is -2.75. The molecule has 2 saturated heterocycles. The first-order chi connectivity index (χ1) is 23.8. The van der Waals surface area contributed by atoms with E-state index in [9.17, 15) is 19.5 Å². The molecule has 0 spiro atoms. The maximum atomic E-state index is 14.5. The molecule has 2 aliphatic heterocycles. The normalized spacial score (nSPS) is 17.9. The van der Waals surface area contributed by atoms with Crippen molar-refractivity contribution >= 4 is 23.4 Å². The van der Waals surface area contributed by atoms with Gasteiger partial charge in [-0.3, -0.25) is 14.4 Å². The number of hydrogen-bond acceptors (Lipinski definition) is 6. The number of para-hydroxylation sites is 1. The van der Waals surface area contributed by atoms with Crippen molar-refractivity contribution in [3.63, 3.8) is 0 Å². The summed E-state index contributed by atoms with van der Waals surface area (Å²) in [4.78, 5) is 48.2. The zero-order valence-corrected chi connectivity index (χ0v) is 27.9. The molecule has 1 N–H and O–H groups in total. The monoisotopic (exact) mass is 657 g/mol. The Hall–Kier alpha value is -5.41. The second-order valence-electron chi connectivity index (χ2n) is 12.7. The van der Waals surface area contributed by atoms with E-state index >= 15 is 0 Å².